The smallest absolute Gasteiger partial charge is 0.253 e. The summed E-state index contributed by atoms with van der Waals surface area (Å²) < 4.78 is 1.22. The number of nitrogens with one attached hydrogen (secondary N) is 2. The van der Waals surface area contributed by atoms with Crippen LogP contribution in [0.2, 0.25) is 0 Å². The summed E-state index contributed by atoms with van der Waals surface area (Å²) in [6, 6.07) is 0. The molecular formula is C16H20I3N3O7. The van der Waals surface area contributed by atoms with Gasteiger partial charge >= 0.3 is 0 Å². The van der Waals surface area contributed by atoms with Gasteiger partial charge in [-0.05, 0) is 67.8 Å². The number of nitrogens with zero attached hydrogens (tertiary/aromatic N) is 1. The molecule has 3 amide bonds. The SMILES string of the molecule is CC(=O)Nc1c(I)c(C(=O)NCC(O)CO)c(I)c(N(CCO)C(=O)CO)c1I. The van der Waals surface area contributed by atoms with Crippen molar-refractivity contribution in [3.05, 3.63) is 16.3 Å². The van der Waals surface area contributed by atoms with Crippen LogP contribution in [0.4, 0.5) is 11.4 Å². The highest BCUT2D eigenvalue weighted by Gasteiger charge is 2.30. The van der Waals surface area contributed by atoms with Gasteiger partial charge in [0, 0.05) is 20.0 Å². The molecule has 0 spiro atoms. The van der Waals surface area contributed by atoms with Crippen molar-refractivity contribution in [3.63, 3.8) is 0 Å². The number of rotatable bonds is 9. The molecule has 6 N–H and O–H groups in total. The van der Waals surface area contributed by atoms with E-state index in [1.165, 1.54) is 6.92 Å². The minimum atomic E-state index is -1.14. The van der Waals surface area contributed by atoms with Crippen molar-refractivity contribution in [2.24, 2.45) is 0 Å². The van der Waals surface area contributed by atoms with Gasteiger partial charge in [-0.1, -0.05) is 0 Å². The fraction of sp³-hybridized carbons (Fsp3) is 0.438. The summed E-state index contributed by atoms with van der Waals surface area (Å²) in [5.74, 6) is -1.67. The van der Waals surface area contributed by atoms with Gasteiger partial charge in [-0.15, -0.1) is 0 Å². The molecule has 0 heterocycles. The van der Waals surface area contributed by atoms with Gasteiger partial charge in [0.2, 0.25) is 5.91 Å². The van der Waals surface area contributed by atoms with E-state index in [4.69, 9.17) is 5.11 Å². The third-order valence-electron chi connectivity index (χ3n) is 3.56. The third-order valence-corrected chi connectivity index (χ3v) is 6.74. The first-order valence-electron chi connectivity index (χ1n) is 8.17. The molecule has 0 fully saturated rings. The molecule has 0 saturated heterocycles. The maximum Gasteiger partial charge on any atom is 0.253 e. The maximum atomic E-state index is 12.8. The molecule has 1 atom stereocenters. The second kappa shape index (κ2) is 12.5. The number of carbonyl (C=O) groups excluding carboxylic acids is 3. The Bertz CT molecular complexity index is 792. The number of halogens is 3. The number of benzene rings is 1. The minimum absolute atomic E-state index is 0.129. The van der Waals surface area contributed by atoms with Crippen molar-refractivity contribution in [3.8, 4) is 0 Å². The van der Waals surface area contributed by atoms with Crippen LogP contribution in [-0.2, 0) is 9.59 Å². The second-order valence-corrected chi connectivity index (χ2v) is 8.93. The van der Waals surface area contributed by atoms with Gasteiger partial charge < -0.3 is 36.0 Å². The average Bonchev–Trinajstić information content (AvgIpc) is 2.67. The fourth-order valence-electron chi connectivity index (χ4n) is 2.28. The van der Waals surface area contributed by atoms with Crippen molar-refractivity contribution in [1.82, 2.24) is 5.32 Å². The van der Waals surface area contributed by atoms with Gasteiger partial charge in [0.25, 0.3) is 11.8 Å². The molecule has 29 heavy (non-hydrogen) atoms. The summed E-state index contributed by atoms with van der Waals surface area (Å²) in [5.41, 5.74) is 0.705. The van der Waals surface area contributed by atoms with Crippen LogP contribution in [0, 0.1) is 10.7 Å². The predicted molar refractivity (Wildman–Crippen MR) is 131 cm³/mol. The zero-order valence-electron chi connectivity index (χ0n) is 15.2. The second-order valence-electron chi connectivity index (χ2n) is 5.70. The van der Waals surface area contributed by atoms with Gasteiger partial charge in [-0.2, -0.15) is 0 Å². The van der Waals surface area contributed by atoms with Crippen LogP contribution in [0.3, 0.4) is 0 Å². The van der Waals surface area contributed by atoms with Crippen LogP contribution in [0.1, 0.15) is 17.3 Å². The van der Waals surface area contributed by atoms with E-state index in [0.717, 1.165) is 4.90 Å². The van der Waals surface area contributed by atoms with Crippen LogP contribution < -0.4 is 15.5 Å². The topological polar surface area (TPSA) is 159 Å². The molecule has 10 nitrogen and oxygen atoms in total. The molecule has 0 bridgehead atoms. The van der Waals surface area contributed by atoms with E-state index < -0.39 is 37.0 Å². The number of hydrogen-bond acceptors (Lipinski definition) is 7. The molecule has 1 aromatic carbocycles. The molecule has 0 radical (unpaired) electrons. The molecule has 0 aliphatic carbocycles. The van der Waals surface area contributed by atoms with Crippen molar-refractivity contribution < 1.29 is 34.8 Å². The Morgan fingerprint density at radius 3 is 2.17 bits per heavy atom. The zero-order valence-corrected chi connectivity index (χ0v) is 21.7. The van der Waals surface area contributed by atoms with Gasteiger partial charge in [-0.25, -0.2) is 0 Å². The van der Waals surface area contributed by atoms with E-state index in [1.807, 2.05) is 67.8 Å². The van der Waals surface area contributed by atoms with Crippen LogP contribution in [0.25, 0.3) is 0 Å². The summed E-state index contributed by atoms with van der Waals surface area (Å²) >= 11 is 5.69. The van der Waals surface area contributed by atoms with E-state index in [0.29, 0.717) is 16.4 Å². The van der Waals surface area contributed by atoms with E-state index in [1.54, 1.807) is 0 Å². The highest BCUT2D eigenvalue weighted by Crippen LogP contribution is 2.40. The van der Waals surface area contributed by atoms with E-state index in [2.05, 4.69) is 10.6 Å². The molecule has 162 valence electrons. The van der Waals surface area contributed by atoms with E-state index in [9.17, 15) is 29.7 Å². The van der Waals surface area contributed by atoms with Crippen molar-refractivity contribution in [2.75, 3.05) is 43.1 Å². The molecule has 1 unspecified atom stereocenters. The molecule has 0 saturated carbocycles. The lowest BCUT2D eigenvalue weighted by Crippen LogP contribution is -2.38. The number of hydrogen-bond donors (Lipinski definition) is 6. The summed E-state index contributed by atoms with van der Waals surface area (Å²) in [6.45, 7) is -0.754. The minimum Gasteiger partial charge on any atom is -0.395 e. The summed E-state index contributed by atoms with van der Waals surface area (Å²) in [4.78, 5) is 37.9. The molecule has 0 aliphatic rings. The number of aliphatic hydroxyl groups excluding tert-OH is 4. The highest BCUT2D eigenvalue weighted by molar-refractivity contribution is 14.1. The van der Waals surface area contributed by atoms with Crippen molar-refractivity contribution in [2.45, 2.75) is 13.0 Å². The van der Waals surface area contributed by atoms with Crippen LogP contribution in [0.5, 0.6) is 0 Å². The number of carbonyl (C=O) groups is 3. The largest absolute Gasteiger partial charge is 0.395 e. The normalized spacial score (nSPS) is 11.7. The van der Waals surface area contributed by atoms with E-state index >= 15 is 0 Å². The van der Waals surface area contributed by atoms with Gasteiger partial charge in [0.05, 0.1) is 47.0 Å². The van der Waals surface area contributed by atoms with Crippen molar-refractivity contribution in [1.29, 1.82) is 0 Å². The average molecular weight is 747 g/mol. The van der Waals surface area contributed by atoms with Gasteiger partial charge in [0.1, 0.15) is 6.61 Å². The van der Waals surface area contributed by atoms with E-state index in [-0.39, 0.29) is 30.9 Å². The summed E-state index contributed by atoms with van der Waals surface area (Å²) in [6.07, 6.45) is -1.14. The lowest BCUT2D eigenvalue weighted by molar-refractivity contribution is -0.121. The first-order valence-corrected chi connectivity index (χ1v) is 11.4. The quantitative estimate of drug-likeness (QED) is 0.192. The number of aliphatic hydroxyl groups is 4. The molecule has 0 aromatic heterocycles. The third kappa shape index (κ3) is 6.82. The Morgan fingerprint density at radius 2 is 1.69 bits per heavy atom. The molecule has 1 aromatic rings. The standard InChI is InChI=1S/C16H20I3N3O7/c1-7(26)21-14-11(17)10(16(29)20-4-8(27)5-24)12(18)15(13(14)19)22(2-3-23)9(28)6-25/h8,23-25,27H,2-6H2,1H3,(H,20,29)(H,21,26). The van der Waals surface area contributed by atoms with Crippen molar-refractivity contribution >= 4 is 96.9 Å². The Hall–Kier alpha value is -0.340. The lowest BCUT2D eigenvalue weighted by Gasteiger charge is -2.27. The molecule has 1 rings (SSSR count). The van der Waals surface area contributed by atoms with Crippen LogP contribution in [-0.4, -0.2) is 77.2 Å². The Morgan fingerprint density at radius 1 is 1.07 bits per heavy atom. The van der Waals surface area contributed by atoms with Crippen LogP contribution >= 0.6 is 67.8 Å². The number of anilines is 2. The molecule has 13 heteroatoms. The van der Waals surface area contributed by atoms with Gasteiger partial charge in [-0.3, -0.25) is 14.4 Å². The Balaban J connectivity index is 3.69. The first-order chi connectivity index (χ1) is 13.6. The van der Waals surface area contributed by atoms with Crippen LogP contribution in [0.15, 0.2) is 0 Å². The maximum absolute atomic E-state index is 12.8. The highest BCUT2D eigenvalue weighted by atomic mass is 127. The Kier molecular flexibility index (Phi) is 11.5. The predicted octanol–water partition coefficient (Wildman–Crippen LogP) is -0.141. The lowest BCUT2D eigenvalue weighted by atomic mass is 10.1. The zero-order chi connectivity index (χ0) is 22.3. The first kappa shape index (κ1) is 26.7. The fourth-order valence-corrected chi connectivity index (χ4v) is 6.79. The monoisotopic (exact) mass is 747 g/mol. The summed E-state index contributed by atoms with van der Waals surface area (Å²) in [5, 5.41) is 42.2. The number of amides is 3. The summed E-state index contributed by atoms with van der Waals surface area (Å²) in [7, 11) is 0. The molecular weight excluding hydrogens is 727 g/mol. The Labute approximate surface area is 207 Å². The molecule has 0 aliphatic heterocycles. The van der Waals surface area contributed by atoms with Gasteiger partial charge in [0.15, 0.2) is 0 Å².